The van der Waals surface area contributed by atoms with Crippen molar-refractivity contribution in [2.24, 2.45) is 0 Å². The lowest BCUT2D eigenvalue weighted by atomic mass is 9.67. The zero-order chi connectivity index (χ0) is 44.3. The zero-order valence-electron chi connectivity index (χ0n) is 36.7. The van der Waals surface area contributed by atoms with E-state index in [1.54, 1.807) is 0 Å². The van der Waals surface area contributed by atoms with Crippen LogP contribution >= 0.6 is 0 Å². The number of anilines is 3. The zero-order valence-corrected chi connectivity index (χ0v) is 36.7. The maximum absolute atomic E-state index is 7.07. The minimum Gasteiger partial charge on any atom is -0.455 e. The Hall–Kier alpha value is -8.72. The van der Waals surface area contributed by atoms with Gasteiger partial charge in [-0.05, 0) is 109 Å². The normalized spacial score (nSPS) is 12.6. The van der Waals surface area contributed by atoms with Crippen molar-refractivity contribution in [2.45, 2.75) is 5.41 Å². The van der Waals surface area contributed by atoms with Gasteiger partial charge in [-0.25, -0.2) is 0 Å². The molecule has 0 spiro atoms. The van der Waals surface area contributed by atoms with Crippen LogP contribution in [0.1, 0.15) is 22.3 Å². The molecule has 1 aromatic heterocycles. The summed E-state index contributed by atoms with van der Waals surface area (Å²) in [5.41, 5.74) is 18.8. The third kappa shape index (κ3) is 6.11. The number of para-hydroxylation sites is 1. The first-order valence-corrected chi connectivity index (χ1v) is 23.1. The Morgan fingerprint density at radius 3 is 1.61 bits per heavy atom. The van der Waals surface area contributed by atoms with E-state index in [2.05, 4.69) is 266 Å². The van der Waals surface area contributed by atoms with Crippen LogP contribution in [0.15, 0.2) is 265 Å². The molecule has 2 nitrogen and oxygen atoms in total. The summed E-state index contributed by atoms with van der Waals surface area (Å²) in [6.45, 7) is 0. The van der Waals surface area contributed by atoms with Crippen molar-refractivity contribution in [2.75, 3.05) is 4.90 Å². The monoisotopic (exact) mass is 853 g/mol. The Morgan fingerprint density at radius 1 is 0.313 bits per heavy atom. The van der Waals surface area contributed by atoms with Crippen LogP contribution in [-0.4, -0.2) is 0 Å². The quantitative estimate of drug-likeness (QED) is 0.151. The molecule has 0 aliphatic heterocycles. The summed E-state index contributed by atoms with van der Waals surface area (Å²) in [5, 5.41) is 4.38. The van der Waals surface area contributed by atoms with Crippen molar-refractivity contribution in [1.82, 2.24) is 0 Å². The van der Waals surface area contributed by atoms with Gasteiger partial charge in [0.15, 0.2) is 0 Å². The fourth-order valence-corrected chi connectivity index (χ4v) is 11.1. The molecule has 0 bridgehead atoms. The smallest absolute Gasteiger partial charge is 0.143 e. The van der Waals surface area contributed by atoms with Gasteiger partial charge in [0, 0.05) is 22.0 Å². The van der Waals surface area contributed by atoms with Crippen molar-refractivity contribution in [1.29, 1.82) is 0 Å². The molecule has 1 aliphatic carbocycles. The third-order valence-electron chi connectivity index (χ3n) is 13.9. The predicted octanol–water partition coefficient (Wildman–Crippen LogP) is 17.6. The molecule has 0 saturated carbocycles. The van der Waals surface area contributed by atoms with Crippen molar-refractivity contribution >= 4 is 49.8 Å². The van der Waals surface area contributed by atoms with Crippen molar-refractivity contribution < 1.29 is 4.42 Å². The number of fused-ring (bicyclic) bond motifs is 8. The van der Waals surface area contributed by atoms with Gasteiger partial charge in [0.25, 0.3) is 0 Å². The maximum Gasteiger partial charge on any atom is 0.143 e. The summed E-state index contributed by atoms with van der Waals surface area (Å²) in [6.07, 6.45) is 0. The van der Waals surface area contributed by atoms with Gasteiger partial charge in [-0.15, -0.1) is 0 Å². The Labute approximate surface area is 390 Å². The van der Waals surface area contributed by atoms with E-state index in [1.165, 1.54) is 50.1 Å². The number of hydrogen-bond donors (Lipinski definition) is 0. The van der Waals surface area contributed by atoms with Crippen LogP contribution in [0.25, 0.3) is 77.2 Å². The van der Waals surface area contributed by atoms with Gasteiger partial charge in [0.1, 0.15) is 11.2 Å². The van der Waals surface area contributed by atoms with Crippen LogP contribution in [0, 0.1) is 0 Å². The molecule has 67 heavy (non-hydrogen) atoms. The number of rotatable bonds is 8. The van der Waals surface area contributed by atoms with Crippen LogP contribution in [-0.2, 0) is 5.41 Å². The Kier molecular flexibility index (Phi) is 9.11. The molecule has 13 rings (SSSR count). The van der Waals surface area contributed by atoms with E-state index in [4.69, 9.17) is 4.42 Å². The summed E-state index contributed by atoms with van der Waals surface area (Å²) < 4.78 is 7.07. The molecule has 1 aliphatic rings. The van der Waals surface area contributed by atoms with E-state index in [0.717, 1.165) is 66.5 Å². The average molecular weight is 854 g/mol. The summed E-state index contributed by atoms with van der Waals surface area (Å²) in [4.78, 5) is 2.48. The van der Waals surface area contributed by atoms with E-state index in [1.807, 2.05) is 0 Å². The van der Waals surface area contributed by atoms with Crippen molar-refractivity contribution in [3.05, 3.63) is 283 Å². The Bertz CT molecular complexity index is 3760. The van der Waals surface area contributed by atoms with Crippen molar-refractivity contribution in [3.8, 4) is 44.5 Å². The third-order valence-corrected chi connectivity index (χ3v) is 13.9. The van der Waals surface area contributed by atoms with E-state index >= 15 is 0 Å². The highest BCUT2D eigenvalue weighted by molar-refractivity contribution is 6.23. The number of nitrogens with zero attached hydrogens (tertiary/aromatic N) is 1. The lowest BCUT2D eigenvalue weighted by molar-refractivity contribution is 0.672. The molecule has 0 unspecified atom stereocenters. The van der Waals surface area contributed by atoms with Crippen LogP contribution < -0.4 is 4.90 Å². The van der Waals surface area contributed by atoms with Gasteiger partial charge in [-0.1, -0.05) is 218 Å². The van der Waals surface area contributed by atoms with E-state index in [-0.39, 0.29) is 0 Å². The molecule has 12 aromatic rings. The minimum absolute atomic E-state index is 0.564. The van der Waals surface area contributed by atoms with Crippen molar-refractivity contribution in [3.63, 3.8) is 0 Å². The molecule has 0 fully saturated rings. The molecular weight excluding hydrogens is 811 g/mol. The minimum atomic E-state index is -0.564. The molecule has 0 saturated heterocycles. The summed E-state index contributed by atoms with van der Waals surface area (Å²) in [5.74, 6) is 0. The number of hydrogen-bond acceptors (Lipinski definition) is 2. The second-order valence-corrected chi connectivity index (χ2v) is 17.5. The summed E-state index contributed by atoms with van der Waals surface area (Å²) >= 11 is 0. The number of benzene rings is 11. The highest BCUT2D eigenvalue weighted by Crippen LogP contribution is 2.58. The highest BCUT2D eigenvalue weighted by atomic mass is 16.3. The van der Waals surface area contributed by atoms with Gasteiger partial charge in [-0.2, -0.15) is 0 Å². The Balaban J connectivity index is 1.11. The summed E-state index contributed by atoms with van der Waals surface area (Å²) in [6, 6.07) is 95.0. The van der Waals surface area contributed by atoms with E-state index in [9.17, 15) is 0 Å². The maximum atomic E-state index is 7.07. The van der Waals surface area contributed by atoms with Gasteiger partial charge in [0.2, 0.25) is 0 Å². The molecule has 0 amide bonds. The molecule has 2 heteroatoms. The van der Waals surface area contributed by atoms with Crippen LogP contribution in [0.2, 0.25) is 0 Å². The van der Waals surface area contributed by atoms with E-state index in [0.29, 0.717) is 0 Å². The fourth-order valence-electron chi connectivity index (χ4n) is 11.1. The number of furan rings is 1. The first kappa shape index (κ1) is 38.7. The standard InChI is InChI=1S/C65H43NO/c1-5-21-44(22-6-1)46-25-19-26-47(41-46)56-43-57-63-61(37-20-38-62(63)67-64(57)55-34-14-13-32-52(55)56)66(60-36-18-16-31-51(60)45-23-7-2-8-24-45)50-39-40-54-53-33-15-17-35-58(53)65(59(54)42-50,48-27-9-3-10-28-48)49-29-11-4-12-30-49/h1-43H. The van der Waals surface area contributed by atoms with Gasteiger partial charge in [0.05, 0.1) is 22.2 Å². The fraction of sp³-hybridized carbons (Fsp3) is 0.0154. The van der Waals surface area contributed by atoms with Crippen LogP contribution in [0.4, 0.5) is 17.1 Å². The molecule has 0 atom stereocenters. The molecule has 0 N–H and O–H groups in total. The lowest BCUT2D eigenvalue weighted by Gasteiger charge is -2.35. The van der Waals surface area contributed by atoms with Gasteiger partial charge in [-0.3, -0.25) is 0 Å². The summed E-state index contributed by atoms with van der Waals surface area (Å²) in [7, 11) is 0. The first-order chi connectivity index (χ1) is 33.3. The second-order valence-electron chi connectivity index (χ2n) is 17.5. The van der Waals surface area contributed by atoms with E-state index < -0.39 is 5.41 Å². The SMILES string of the molecule is c1ccc(-c2cccc(-c3cc4c(oc5cccc(N(c6ccc7c(c6)C(c6ccccc6)(c6ccccc6)c6ccccc6-7)c6ccccc6-c6ccccc6)c54)c4ccccc34)c2)cc1. The van der Waals surface area contributed by atoms with Gasteiger partial charge < -0.3 is 9.32 Å². The molecule has 11 aromatic carbocycles. The highest BCUT2D eigenvalue weighted by Gasteiger charge is 2.46. The second kappa shape index (κ2) is 15.8. The van der Waals surface area contributed by atoms with Crippen LogP contribution in [0.5, 0.6) is 0 Å². The first-order valence-electron chi connectivity index (χ1n) is 23.1. The molecule has 1 heterocycles. The topological polar surface area (TPSA) is 16.4 Å². The predicted molar refractivity (Wildman–Crippen MR) is 280 cm³/mol. The van der Waals surface area contributed by atoms with Crippen LogP contribution in [0.3, 0.4) is 0 Å². The average Bonchev–Trinajstić information content (AvgIpc) is 3.94. The molecule has 0 radical (unpaired) electrons. The Morgan fingerprint density at radius 2 is 0.866 bits per heavy atom. The molecular formula is C65H43NO. The lowest BCUT2D eigenvalue weighted by Crippen LogP contribution is -2.28. The molecule has 314 valence electrons. The van der Waals surface area contributed by atoms with Gasteiger partial charge >= 0.3 is 0 Å². The largest absolute Gasteiger partial charge is 0.455 e.